The molecule has 0 heterocycles. The van der Waals surface area contributed by atoms with Crippen LogP contribution in [0.1, 0.15) is 13.3 Å². The van der Waals surface area contributed by atoms with E-state index in [1.807, 2.05) is 0 Å². The van der Waals surface area contributed by atoms with Crippen molar-refractivity contribution in [2.75, 3.05) is 20.3 Å². The van der Waals surface area contributed by atoms with Gasteiger partial charge in [0.25, 0.3) is 0 Å². The number of amides is 1. The zero-order valence-corrected chi connectivity index (χ0v) is 13.5. The van der Waals surface area contributed by atoms with Crippen LogP contribution in [0.5, 0.6) is 0 Å². The Labute approximate surface area is 129 Å². The number of methoxy groups -OCH3 is 1. The molecule has 1 rings (SSSR count). The minimum atomic E-state index is -3.71. The van der Waals surface area contributed by atoms with Crippen molar-refractivity contribution in [1.82, 2.24) is 10.0 Å². The van der Waals surface area contributed by atoms with Crippen molar-refractivity contribution >= 4 is 27.5 Å². The van der Waals surface area contributed by atoms with Gasteiger partial charge in [-0.3, -0.25) is 4.79 Å². The van der Waals surface area contributed by atoms with Gasteiger partial charge >= 0.3 is 0 Å². The first-order chi connectivity index (χ1) is 9.86. The molecule has 0 radical (unpaired) electrons. The summed E-state index contributed by atoms with van der Waals surface area (Å²) in [7, 11) is -2.17. The molecule has 0 aliphatic carbocycles. The predicted molar refractivity (Wildman–Crippen MR) is 80.7 cm³/mol. The molecular formula is C13H19ClN2O4S. The highest BCUT2D eigenvalue weighted by molar-refractivity contribution is 7.89. The summed E-state index contributed by atoms with van der Waals surface area (Å²) in [4.78, 5) is 11.6. The van der Waals surface area contributed by atoms with Crippen LogP contribution in [0, 0.1) is 0 Å². The molecule has 1 unspecified atom stereocenters. The van der Waals surface area contributed by atoms with Crippen molar-refractivity contribution in [3.05, 3.63) is 29.3 Å². The maximum Gasteiger partial charge on any atom is 0.242 e. The second kappa shape index (κ2) is 8.33. The first-order valence-electron chi connectivity index (χ1n) is 6.39. The fourth-order valence-corrected chi connectivity index (χ4v) is 3.23. The number of hydrogen-bond acceptors (Lipinski definition) is 4. The summed E-state index contributed by atoms with van der Waals surface area (Å²) in [6.07, 6.45) is 0.0394. The molecule has 0 aromatic heterocycles. The van der Waals surface area contributed by atoms with Gasteiger partial charge in [-0.15, -0.1) is 0 Å². The van der Waals surface area contributed by atoms with Gasteiger partial charge in [0.1, 0.15) is 4.90 Å². The van der Waals surface area contributed by atoms with E-state index in [1.54, 1.807) is 26.2 Å². The predicted octanol–water partition coefficient (Wildman–Crippen LogP) is 1.16. The van der Waals surface area contributed by atoms with Crippen LogP contribution in [0.25, 0.3) is 0 Å². The standard InChI is InChI=1S/C13H19ClN2O4S/c1-10(9-20-2)16-13(17)7-8-15-21(18,19)12-6-4-3-5-11(12)14/h3-6,10,15H,7-9H2,1-2H3,(H,16,17). The van der Waals surface area contributed by atoms with Crippen molar-refractivity contribution in [2.45, 2.75) is 24.3 Å². The third-order valence-corrected chi connectivity index (χ3v) is 4.56. The van der Waals surface area contributed by atoms with Gasteiger partial charge in [0.2, 0.25) is 15.9 Å². The SMILES string of the molecule is COCC(C)NC(=O)CCNS(=O)(=O)c1ccccc1Cl. The van der Waals surface area contributed by atoms with Gasteiger partial charge < -0.3 is 10.1 Å². The second-order valence-electron chi connectivity index (χ2n) is 4.50. The fourth-order valence-electron chi connectivity index (χ4n) is 1.68. The number of carbonyl (C=O) groups is 1. The van der Waals surface area contributed by atoms with E-state index >= 15 is 0 Å². The molecule has 8 heteroatoms. The molecule has 1 aromatic carbocycles. The Morgan fingerprint density at radius 3 is 2.67 bits per heavy atom. The monoisotopic (exact) mass is 334 g/mol. The average Bonchev–Trinajstić information content (AvgIpc) is 2.38. The number of nitrogens with one attached hydrogen (secondary N) is 2. The highest BCUT2D eigenvalue weighted by atomic mass is 35.5. The zero-order valence-electron chi connectivity index (χ0n) is 11.9. The van der Waals surface area contributed by atoms with Crippen LogP contribution in [-0.4, -0.2) is 40.6 Å². The number of rotatable bonds is 8. The summed E-state index contributed by atoms with van der Waals surface area (Å²) in [6.45, 7) is 2.20. The normalized spacial score (nSPS) is 12.9. The third-order valence-electron chi connectivity index (χ3n) is 2.59. The Morgan fingerprint density at radius 1 is 1.38 bits per heavy atom. The van der Waals surface area contributed by atoms with Gasteiger partial charge in [-0.05, 0) is 19.1 Å². The number of benzene rings is 1. The minimum Gasteiger partial charge on any atom is -0.383 e. The molecule has 1 aromatic rings. The first kappa shape index (κ1) is 17.9. The maximum absolute atomic E-state index is 12.0. The van der Waals surface area contributed by atoms with Crippen molar-refractivity contribution in [1.29, 1.82) is 0 Å². The average molecular weight is 335 g/mol. The molecular weight excluding hydrogens is 316 g/mol. The lowest BCUT2D eigenvalue weighted by atomic mass is 10.3. The Balaban J connectivity index is 2.48. The summed E-state index contributed by atoms with van der Waals surface area (Å²) in [5.74, 6) is -0.249. The van der Waals surface area contributed by atoms with Crippen LogP contribution in [-0.2, 0) is 19.6 Å². The summed E-state index contributed by atoms with van der Waals surface area (Å²) >= 11 is 5.84. The van der Waals surface area contributed by atoms with Crippen molar-refractivity contribution in [3.8, 4) is 0 Å². The van der Waals surface area contributed by atoms with E-state index in [1.165, 1.54) is 12.1 Å². The maximum atomic E-state index is 12.0. The molecule has 1 atom stereocenters. The quantitative estimate of drug-likeness (QED) is 0.747. The Morgan fingerprint density at radius 2 is 2.05 bits per heavy atom. The van der Waals surface area contributed by atoms with Crippen LogP contribution < -0.4 is 10.0 Å². The Hall–Kier alpha value is -1.15. The molecule has 21 heavy (non-hydrogen) atoms. The Bertz CT molecular complexity index is 577. The molecule has 0 fully saturated rings. The van der Waals surface area contributed by atoms with E-state index < -0.39 is 10.0 Å². The summed E-state index contributed by atoms with van der Waals surface area (Å²) in [6, 6.07) is 6.01. The van der Waals surface area contributed by atoms with E-state index in [0.29, 0.717) is 6.61 Å². The largest absolute Gasteiger partial charge is 0.383 e. The van der Waals surface area contributed by atoms with Gasteiger partial charge in [-0.2, -0.15) is 0 Å². The first-order valence-corrected chi connectivity index (χ1v) is 8.25. The van der Waals surface area contributed by atoms with Crippen molar-refractivity contribution in [3.63, 3.8) is 0 Å². The van der Waals surface area contributed by atoms with Crippen molar-refractivity contribution < 1.29 is 17.9 Å². The lowest BCUT2D eigenvalue weighted by Gasteiger charge is -2.13. The van der Waals surface area contributed by atoms with Crippen LogP contribution in [0.2, 0.25) is 5.02 Å². The van der Waals surface area contributed by atoms with Crippen molar-refractivity contribution in [2.24, 2.45) is 0 Å². The molecule has 118 valence electrons. The third kappa shape index (κ3) is 6.01. The lowest BCUT2D eigenvalue weighted by Crippen LogP contribution is -2.37. The smallest absolute Gasteiger partial charge is 0.242 e. The topological polar surface area (TPSA) is 84.5 Å². The summed E-state index contributed by atoms with van der Waals surface area (Å²) < 4.78 is 31.3. The van der Waals surface area contributed by atoms with Crippen LogP contribution in [0.15, 0.2) is 29.2 Å². The Kier molecular flexibility index (Phi) is 7.10. The molecule has 1 amide bonds. The highest BCUT2D eigenvalue weighted by Gasteiger charge is 2.17. The highest BCUT2D eigenvalue weighted by Crippen LogP contribution is 2.19. The van der Waals surface area contributed by atoms with Crippen LogP contribution >= 0.6 is 11.6 Å². The minimum absolute atomic E-state index is 0.000161. The zero-order chi connectivity index (χ0) is 15.9. The lowest BCUT2D eigenvalue weighted by molar-refractivity contribution is -0.121. The molecule has 0 saturated heterocycles. The van der Waals surface area contributed by atoms with Gasteiger partial charge in [0, 0.05) is 26.1 Å². The molecule has 0 aliphatic heterocycles. The van der Waals surface area contributed by atoms with Crippen LogP contribution in [0.3, 0.4) is 0 Å². The van der Waals surface area contributed by atoms with Gasteiger partial charge in [0.05, 0.1) is 11.6 Å². The number of ether oxygens (including phenoxy) is 1. The summed E-state index contributed by atoms with van der Waals surface area (Å²) in [5.41, 5.74) is 0. The van der Waals surface area contributed by atoms with Crippen LogP contribution in [0.4, 0.5) is 0 Å². The molecule has 0 bridgehead atoms. The molecule has 6 nitrogen and oxygen atoms in total. The second-order valence-corrected chi connectivity index (χ2v) is 6.64. The number of hydrogen-bond donors (Lipinski definition) is 2. The molecule has 0 spiro atoms. The summed E-state index contributed by atoms with van der Waals surface area (Å²) in [5, 5.41) is 2.84. The van der Waals surface area contributed by atoms with E-state index in [4.69, 9.17) is 16.3 Å². The van der Waals surface area contributed by atoms with E-state index in [2.05, 4.69) is 10.0 Å². The van der Waals surface area contributed by atoms with E-state index in [-0.39, 0.29) is 34.8 Å². The fraction of sp³-hybridized carbons (Fsp3) is 0.462. The van der Waals surface area contributed by atoms with Gasteiger partial charge in [-0.1, -0.05) is 23.7 Å². The number of carbonyl (C=O) groups excluding carboxylic acids is 1. The van der Waals surface area contributed by atoms with E-state index in [0.717, 1.165) is 0 Å². The molecule has 0 saturated carbocycles. The van der Waals surface area contributed by atoms with Gasteiger partial charge in [-0.25, -0.2) is 13.1 Å². The number of sulfonamides is 1. The van der Waals surface area contributed by atoms with Gasteiger partial charge in [0.15, 0.2) is 0 Å². The van der Waals surface area contributed by atoms with E-state index in [9.17, 15) is 13.2 Å². The molecule has 2 N–H and O–H groups in total. The number of halogens is 1. The molecule has 0 aliphatic rings.